The number of hydrogen-bond donors (Lipinski definition) is 1. The summed E-state index contributed by atoms with van der Waals surface area (Å²) in [7, 11) is -3.34. The maximum atomic E-state index is 13.0. The van der Waals surface area contributed by atoms with Crippen LogP contribution >= 0.6 is 0 Å². The van der Waals surface area contributed by atoms with Crippen LogP contribution < -0.4 is 5.56 Å². The number of rotatable bonds is 4. The van der Waals surface area contributed by atoms with Gasteiger partial charge < -0.3 is 5.10 Å². The average Bonchev–Trinajstić information content (AvgIpc) is 2.97. The molecule has 0 saturated carbocycles. The Hall–Kier alpha value is -2.15. The predicted octanol–water partition coefficient (Wildman–Crippen LogP) is 2.72. The van der Waals surface area contributed by atoms with Gasteiger partial charge in [-0.25, -0.2) is 8.42 Å². The van der Waals surface area contributed by atoms with Crippen molar-refractivity contribution in [1.29, 1.82) is 0 Å². The van der Waals surface area contributed by atoms with Crippen molar-refractivity contribution in [2.75, 3.05) is 5.75 Å². The van der Waals surface area contributed by atoms with Crippen LogP contribution in [0.25, 0.3) is 0 Å². The molecule has 140 valence electrons. The molecule has 0 fully saturated rings. The topological polar surface area (TPSA) is 89.0 Å². The van der Waals surface area contributed by atoms with Crippen LogP contribution in [0.3, 0.4) is 0 Å². The summed E-state index contributed by atoms with van der Waals surface area (Å²) in [6.07, 6.45) is 2.81. The van der Waals surface area contributed by atoms with Gasteiger partial charge in [0.25, 0.3) is 5.56 Å². The van der Waals surface area contributed by atoms with E-state index in [1.165, 1.54) is 10.9 Å². The van der Waals surface area contributed by atoms with E-state index < -0.39 is 9.84 Å². The standard InChI is InChI=1S/C19H24N2O4S/c1-5-13-7-8-26(24,25)18-11(3)9-14(12(4)16(13)18)17(22)15-10-20-21(6-2)19(15)23/h9-10,13,20H,5-8H2,1-4H3. The van der Waals surface area contributed by atoms with E-state index in [2.05, 4.69) is 5.10 Å². The number of fused-ring (bicyclic) bond motifs is 1. The third-order valence-corrected chi connectivity index (χ3v) is 7.30. The first kappa shape index (κ1) is 18.6. The zero-order chi connectivity index (χ0) is 19.2. The van der Waals surface area contributed by atoms with Crippen molar-refractivity contribution >= 4 is 15.6 Å². The Morgan fingerprint density at radius 3 is 2.54 bits per heavy atom. The summed E-state index contributed by atoms with van der Waals surface area (Å²) in [6, 6.07) is 1.62. The minimum atomic E-state index is -3.34. The Kier molecular flexibility index (Phi) is 4.69. The van der Waals surface area contributed by atoms with Gasteiger partial charge in [0.2, 0.25) is 0 Å². The second-order valence-corrected chi connectivity index (χ2v) is 8.93. The lowest BCUT2D eigenvalue weighted by molar-refractivity contribution is 0.103. The molecule has 1 atom stereocenters. The molecule has 1 aromatic heterocycles. The molecular weight excluding hydrogens is 352 g/mol. The molecule has 1 aliphatic heterocycles. The van der Waals surface area contributed by atoms with E-state index >= 15 is 0 Å². The molecule has 7 heteroatoms. The fraction of sp³-hybridized carbons (Fsp3) is 0.474. The van der Waals surface area contributed by atoms with Gasteiger partial charge in [0.15, 0.2) is 15.6 Å². The highest BCUT2D eigenvalue weighted by molar-refractivity contribution is 7.91. The van der Waals surface area contributed by atoms with Crippen molar-refractivity contribution in [3.63, 3.8) is 0 Å². The van der Waals surface area contributed by atoms with Gasteiger partial charge in [0, 0.05) is 18.3 Å². The largest absolute Gasteiger partial charge is 0.302 e. The maximum Gasteiger partial charge on any atom is 0.277 e. The number of sulfone groups is 1. The molecule has 0 radical (unpaired) electrons. The van der Waals surface area contributed by atoms with E-state index in [9.17, 15) is 18.0 Å². The monoisotopic (exact) mass is 376 g/mol. The molecule has 1 aliphatic rings. The van der Waals surface area contributed by atoms with Crippen LogP contribution in [0, 0.1) is 13.8 Å². The fourth-order valence-electron chi connectivity index (χ4n) is 3.96. The van der Waals surface area contributed by atoms with Crippen LogP contribution in [-0.4, -0.2) is 29.7 Å². The van der Waals surface area contributed by atoms with Crippen molar-refractivity contribution in [3.05, 3.63) is 50.4 Å². The van der Waals surface area contributed by atoms with Crippen LogP contribution in [0.4, 0.5) is 0 Å². The Bertz CT molecular complexity index is 1040. The fourth-order valence-corrected chi connectivity index (χ4v) is 5.96. The number of aromatic nitrogens is 2. The first-order valence-electron chi connectivity index (χ1n) is 8.92. The lowest BCUT2D eigenvalue weighted by Gasteiger charge is -2.29. The van der Waals surface area contributed by atoms with Crippen molar-refractivity contribution in [3.8, 4) is 0 Å². The Morgan fingerprint density at radius 1 is 1.27 bits per heavy atom. The van der Waals surface area contributed by atoms with Crippen molar-refractivity contribution in [1.82, 2.24) is 9.78 Å². The maximum absolute atomic E-state index is 13.0. The molecule has 6 nitrogen and oxygen atoms in total. The summed E-state index contributed by atoms with van der Waals surface area (Å²) in [4.78, 5) is 25.7. The highest BCUT2D eigenvalue weighted by Crippen LogP contribution is 2.41. The lowest BCUT2D eigenvalue weighted by Crippen LogP contribution is -2.25. The number of nitrogens with one attached hydrogen (secondary N) is 1. The van der Waals surface area contributed by atoms with Crippen LogP contribution in [0.1, 0.15) is 65.2 Å². The van der Waals surface area contributed by atoms with Gasteiger partial charge in [-0.15, -0.1) is 0 Å². The highest BCUT2D eigenvalue weighted by atomic mass is 32.2. The minimum absolute atomic E-state index is 0.0843. The Balaban J connectivity index is 2.25. The van der Waals surface area contributed by atoms with Crippen LogP contribution in [0.15, 0.2) is 22.0 Å². The number of carbonyl (C=O) groups is 1. The van der Waals surface area contributed by atoms with E-state index in [0.29, 0.717) is 34.6 Å². The highest BCUT2D eigenvalue weighted by Gasteiger charge is 2.34. The van der Waals surface area contributed by atoms with Gasteiger partial charge in [-0.1, -0.05) is 6.92 Å². The van der Waals surface area contributed by atoms with E-state index in [1.54, 1.807) is 19.9 Å². The second-order valence-electron chi connectivity index (χ2n) is 6.89. The molecular formula is C19H24N2O4S. The number of aryl methyl sites for hydroxylation is 2. The molecule has 0 saturated heterocycles. The Labute approximate surface area is 153 Å². The number of hydrogen-bond acceptors (Lipinski definition) is 4. The molecule has 3 rings (SSSR count). The quantitative estimate of drug-likeness (QED) is 0.831. The SMILES string of the molecule is CCC1CCS(=O)(=O)c2c(C)cc(C(=O)c3c[nH]n(CC)c3=O)c(C)c21. The molecule has 0 bridgehead atoms. The van der Waals surface area contributed by atoms with Gasteiger partial charge in [0.1, 0.15) is 5.56 Å². The molecule has 1 N–H and O–H groups in total. The summed E-state index contributed by atoms with van der Waals surface area (Å²) >= 11 is 0. The number of nitrogens with zero attached hydrogens (tertiary/aromatic N) is 1. The number of H-pyrrole nitrogens is 1. The zero-order valence-electron chi connectivity index (χ0n) is 15.5. The number of benzene rings is 1. The van der Waals surface area contributed by atoms with Crippen molar-refractivity contribution in [2.24, 2.45) is 0 Å². The van der Waals surface area contributed by atoms with E-state index in [1.807, 2.05) is 13.8 Å². The smallest absolute Gasteiger partial charge is 0.277 e. The number of aromatic amines is 1. The molecule has 26 heavy (non-hydrogen) atoms. The third kappa shape index (κ3) is 2.74. The predicted molar refractivity (Wildman–Crippen MR) is 99.8 cm³/mol. The van der Waals surface area contributed by atoms with E-state index in [4.69, 9.17) is 0 Å². The van der Waals surface area contributed by atoms with E-state index in [-0.39, 0.29) is 28.6 Å². The van der Waals surface area contributed by atoms with Crippen LogP contribution in [0.2, 0.25) is 0 Å². The van der Waals surface area contributed by atoms with Crippen LogP contribution in [0.5, 0.6) is 0 Å². The number of carbonyl (C=O) groups excluding carboxylic acids is 1. The average molecular weight is 376 g/mol. The summed E-state index contributed by atoms with van der Waals surface area (Å²) in [6.45, 7) is 7.81. The third-order valence-electron chi connectivity index (χ3n) is 5.36. The normalized spacial score (nSPS) is 18.5. The van der Waals surface area contributed by atoms with Crippen molar-refractivity contribution < 1.29 is 13.2 Å². The van der Waals surface area contributed by atoms with Crippen LogP contribution in [-0.2, 0) is 16.4 Å². The molecule has 0 amide bonds. The van der Waals surface area contributed by atoms with Gasteiger partial charge >= 0.3 is 0 Å². The molecule has 0 aliphatic carbocycles. The Morgan fingerprint density at radius 2 is 1.96 bits per heavy atom. The van der Waals surface area contributed by atoms with Crippen molar-refractivity contribution in [2.45, 2.75) is 57.9 Å². The molecule has 1 unspecified atom stereocenters. The summed E-state index contributed by atoms with van der Waals surface area (Å²) in [5.41, 5.74) is 2.16. The first-order chi connectivity index (χ1) is 12.2. The summed E-state index contributed by atoms with van der Waals surface area (Å²) in [5.74, 6) is -0.108. The molecule has 2 heterocycles. The summed E-state index contributed by atoms with van der Waals surface area (Å²) in [5, 5.41) is 2.79. The first-order valence-corrected chi connectivity index (χ1v) is 10.6. The van der Waals surface area contributed by atoms with Gasteiger partial charge in [-0.2, -0.15) is 0 Å². The minimum Gasteiger partial charge on any atom is -0.302 e. The van der Waals surface area contributed by atoms with Gasteiger partial charge in [0.05, 0.1) is 10.6 Å². The van der Waals surface area contributed by atoms with E-state index in [0.717, 1.165) is 12.0 Å². The molecule has 0 spiro atoms. The second kappa shape index (κ2) is 6.54. The lowest BCUT2D eigenvalue weighted by atomic mass is 9.85. The zero-order valence-corrected chi connectivity index (χ0v) is 16.4. The molecule has 1 aromatic carbocycles. The summed E-state index contributed by atoms with van der Waals surface area (Å²) < 4.78 is 26.6. The van der Waals surface area contributed by atoms with Gasteiger partial charge in [-0.3, -0.25) is 14.3 Å². The molecule has 2 aromatic rings. The van der Waals surface area contributed by atoms with Gasteiger partial charge in [-0.05, 0) is 62.3 Å². The number of ketones is 1.